The molecule has 0 atom stereocenters. The number of aromatic nitrogens is 3. The first-order chi connectivity index (χ1) is 8.97. The van der Waals surface area contributed by atoms with Crippen molar-refractivity contribution in [2.45, 2.75) is 20.3 Å². The van der Waals surface area contributed by atoms with E-state index in [4.69, 9.17) is 0 Å². The van der Waals surface area contributed by atoms with E-state index in [-0.39, 0.29) is 18.1 Å². The summed E-state index contributed by atoms with van der Waals surface area (Å²) in [6, 6.07) is 0. The number of imidazole rings is 1. The molecule has 2 rings (SSSR count). The number of hydrogen-bond acceptors (Lipinski definition) is 5. The van der Waals surface area contributed by atoms with E-state index in [2.05, 4.69) is 15.3 Å². The largest absolute Gasteiger partial charge is 0.338 e. The molecule has 0 bridgehead atoms. The third-order valence-corrected chi connectivity index (χ3v) is 3.78. The van der Waals surface area contributed by atoms with E-state index >= 15 is 0 Å². The Bertz CT molecular complexity index is 629. The van der Waals surface area contributed by atoms with Gasteiger partial charge in [-0.1, -0.05) is 11.3 Å². The molecule has 0 aliphatic rings. The number of carbonyl (C=O) groups excluding carboxylic acids is 2. The van der Waals surface area contributed by atoms with Gasteiger partial charge in [-0.05, 0) is 6.92 Å². The van der Waals surface area contributed by atoms with Crippen LogP contribution in [0.15, 0.2) is 12.4 Å². The number of carbonyl (C=O) groups is 2. The normalized spacial score (nSPS) is 10.5. The molecule has 0 aliphatic carbocycles. The zero-order chi connectivity index (χ0) is 14.0. The lowest BCUT2D eigenvalue weighted by Crippen LogP contribution is -2.16. The summed E-state index contributed by atoms with van der Waals surface area (Å²) in [6.07, 6.45) is 3.60. The average molecular weight is 278 g/mol. The molecule has 0 radical (unpaired) electrons. The lowest BCUT2D eigenvalue weighted by atomic mass is 10.3. The molecule has 2 aromatic rings. The van der Waals surface area contributed by atoms with E-state index in [1.165, 1.54) is 18.3 Å². The molecule has 100 valence electrons. The van der Waals surface area contributed by atoms with E-state index < -0.39 is 0 Å². The summed E-state index contributed by atoms with van der Waals surface area (Å²) in [5, 5.41) is 3.13. The van der Waals surface area contributed by atoms with E-state index in [0.717, 1.165) is 0 Å². The van der Waals surface area contributed by atoms with Crippen molar-refractivity contribution in [3.63, 3.8) is 0 Å². The zero-order valence-electron chi connectivity index (χ0n) is 10.9. The molecule has 0 spiro atoms. The quantitative estimate of drug-likeness (QED) is 0.861. The molecule has 2 heterocycles. The second-order valence-electron chi connectivity index (χ2n) is 4.17. The predicted octanol–water partition coefficient (Wildman–Crippen LogP) is 1.57. The van der Waals surface area contributed by atoms with Gasteiger partial charge in [0.2, 0.25) is 5.91 Å². The Morgan fingerprint density at radius 3 is 2.74 bits per heavy atom. The van der Waals surface area contributed by atoms with Crippen molar-refractivity contribution in [3.8, 4) is 0 Å². The number of aryl methyl sites for hydroxylation is 2. The molecule has 0 aliphatic heterocycles. The maximum Gasteiger partial charge on any atom is 0.233 e. The summed E-state index contributed by atoms with van der Waals surface area (Å²) >= 11 is 1.19. The molecule has 19 heavy (non-hydrogen) atoms. The summed E-state index contributed by atoms with van der Waals surface area (Å²) in [7, 11) is 1.83. The SMILES string of the molecule is CC(=O)c1sc(NC(=O)Cc2nccn2C)nc1C. The highest BCUT2D eigenvalue weighted by Crippen LogP contribution is 2.22. The maximum atomic E-state index is 11.8. The Hall–Kier alpha value is -2.02. The van der Waals surface area contributed by atoms with Crippen molar-refractivity contribution in [2.75, 3.05) is 5.32 Å². The number of Topliss-reactive ketones (excluding diaryl/α,β-unsaturated/α-hetero) is 1. The Balaban J connectivity index is 2.05. The van der Waals surface area contributed by atoms with Gasteiger partial charge in [0.15, 0.2) is 10.9 Å². The lowest BCUT2D eigenvalue weighted by molar-refractivity contribution is -0.115. The van der Waals surface area contributed by atoms with Crippen LogP contribution >= 0.6 is 11.3 Å². The van der Waals surface area contributed by atoms with Crippen LogP contribution in [-0.4, -0.2) is 26.2 Å². The van der Waals surface area contributed by atoms with Crippen LogP contribution < -0.4 is 5.32 Å². The molecule has 0 saturated heterocycles. The fraction of sp³-hybridized carbons (Fsp3) is 0.333. The third-order valence-electron chi connectivity index (χ3n) is 2.60. The van der Waals surface area contributed by atoms with Gasteiger partial charge < -0.3 is 9.88 Å². The van der Waals surface area contributed by atoms with Crippen LogP contribution in [0.3, 0.4) is 0 Å². The fourth-order valence-electron chi connectivity index (χ4n) is 1.65. The first-order valence-electron chi connectivity index (χ1n) is 5.71. The van der Waals surface area contributed by atoms with Crippen molar-refractivity contribution in [1.82, 2.24) is 14.5 Å². The van der Waals surface area contributed by atoms with E-state index in [1.807, 2.05) is 7.05 Å². The Morgan fingerprint density at radius 2 is 2.21 bits per heavy atom. The van der Waals surface area contributed by atoms with Crippen molar-refractivity contribution < 1.29 is 9.59 Å². The number of ketones is 1. The molecule has 1 amide bonds. The highest BCUT2D eigenvalue weighted by molar-refractivity contribution is 7.17. The molecule has 0 unspecified atom stereocenters. The van der Waals surface area contributed by atoms with Gasteiger partial charge in [-0.25, -0.2) is 9.97 Å². The summed E-state index contributed by atoms with van der Waals surface area (Å²) in [5.74, 6) is 0.440. The Kier molecular flexibility index (Phi) is 3.75. The van der Waals surface area contributed by atoms with Crippen LogP contribution in [0.5, 0.6) is 0 Å². The standard InChI is InChI=1S/C12H14N4O2S/c1-7-11(8(2)17)19-12(14-7)15-10(18)6-9-13-4-5-16(9)3/h4-5H,6H2,1-3H3,(H,14,15,18). The van der Waals surface area contributed by atoms with Crippen LogP contribution in [-0.2, 0) is 18.3 Å². The van der Waals surface area contributed by atoms with E-state index in [0.29, 0.717) is 21.5 Å². The molecular weight excluding hydrogens is 264 g/mol. The summed E-state index contributed by atoms with van der Waals surface area (Å²) in [6.45, 7) is 3.24. The maximum absolute atomic E-state index is 11.8. The van der Waals surface area contributed by atoms with Crippen molar-refractivity contribution >= 4 is 28.2 Å². The van der Waals surface area contributed by atoms with Gasteiger partial charge in [0.25, 0.3) is 0 Å². The second-order valence-corrected chi connectivity index (χ2v) is 5.17. The van der Waals surface area contributed by atoms with Crippen LogP contribution in [0.1, 0.15) is 28.1 Å². The molecule has 6 nitrogen and oxygen atoms in total. The van der Waals surface area contributed by atoms with Crippen LogP contribution in [0.4, 0.5) is 5.13 Å². The summed E-state index contributed by atoms with van der Waals surface area (Å²) in [4.78, 5) is 32.0. The van der Waals surface area contributed by atoms with Gasteiger partial charge >= 0.3 is 0 Å². The van der Waals surface area contributed by atoms with Gasteiger partial charge in [0.05, 0.1) is 17.0 Å². The van der Waals surface area contributed by atoms with Crippen LogP contribution in [0.2, 0.25) is 0 Å². The van der Waals surface area contributed by atoms with E-state index in [9.17, 15) is 9.59 Å². The number of nitrogens with one attached hydrogen (secondary N) is 1. The monoisotopic (exact) mass is 278 g/mol. The molecule has 2 aromatic heterocycles. The molecular formula is C12H14N4O2S. The zero-order valence-corrected chi connectivity index (χ0v) is 11.7. The minimum Gasteiger partial charge on any atom is -0.338 e. The van der Waals surface area contributed by atoms with Gasteiger partial charge in [-0.3, -0.25) is 9.59 Å². The van der Waals surface area contributed by atoms with Crippen molar-refractivity contribution in [1.29, 1.82) is 0 Å². The molecule has 1 N–H and O–H groups in total. The molecule has 0 saturated carbocycles. The van der Waals surface area contributed by atoms with Crippen LogP contribution in [0.25, 0.3) is 0 Å². The first-order valence-corrected chi connectivity index (χ1v) is 6.53. The molecule has 0 aromatic carbocycles. The first kappa shape index (κ1) is 13.4. The lowest BCUT2D eigenvalue weighted by Gasteiger charge is -2.01. The fourth-order valence-corrected chi connectivity index (χ4v) is 2.53. The number of hydrogen-bond donors (Lipinski definition) is 1. The minimum atomic E-state index is -0.196. The molecule has 7 heteroatoms. The van der Waals surface area contributed by atoms with Gasteiger partial charge in [0.1, 0.15) is 5.82 Å². The minimum absolute atomic E-state index is 0.0420. The Labute approximate surface area is 114 Å². The summed E-state index contributed by atoms with van der Waals surface area (Å²) < 4.78 is 1.79. The number of anilines is 1. The highest BCUT2D eigenvalue weighted by Gasteiger charge is 2.14. The van der Waals surface area contributed by atoms with Crippen molar-refractivity contribution in [3.05, 3.63) is 28.8 Å². The topological polar surface area (TPSA) is 76.9 Å². The van der Waals surface area contributed by atoms with Crippen molar-refractivity contribution in [2.24, 2.45) is 7.05 Å². The van der Waals surface area contributed by atoms with Gasteiger partial charge in [0, 0.05) is 26.4 Å². The van der Waals surface area contributed by atoms with Gasteiger partial charge in [-0.2, -0.15) is 0 Å². The van der Waals surface area contributed by atoms with Crippen LogP contribution in [0, 0.1) is 6.92 Å². The van der Waals surface area contributed by atoms with E-state index in [1.54, 1.807) is 23.9 Å². The number of rotatable bonds is 4. The van der Waals surface area contributed by atoms with Gasteiger partial charge in [-0.15, -0.1) is 0 Å². The molecule has 0 fully saturated rings. The average Bonchev–Trinajstić information content (AvgIpc) is 2.86. The third kappa shape index (κ3) is 3.05. The highest BCUT2D eigenvalue weighted by atomic mass is 32.1. The Morgan fingerprint density at radius 1 is 1.47 bits per heavy atom. The number of nitrogens with zero attached hydrogens (tertiary/aromatic N) is 3. The summed E-state index contributed by atoms with van der Waals surface area (Å²) in [5.41, 5.74) is 0.643. The smallest absolute Gasteiger partial charge is 0.233 e. The number of amides is 1. The number of thiazole rings is 1. The predicted molar refractivity (Wildman–Crippen MR) is 72.4 cm³/mol. The second kappa shape index (κ2) is 5.31.